The molecule has 0 N–H and O–H groups in total. The molecule has 0 amide bonds. The van der Waals surface area contributed by atoms with Crippen LogP contribution in [-0.4, -0.2) is 0 Å². The molecule has 0 aromatic carbocycles. The number of rotatable bonds is 3. The second-order valence-electron chi connectivity index (χ2n) is 2.69. The monoisotopic (exact) mass is 160 g/mol. The Morgan fingerprint density at radius 1 is 1.33 bits per heavy atom. The van der Waals surface area contributed by atoms with Crippen LogP contribution in [0.4, 0.5) is 0 Å². The lowest BCUT2D eigenvalue weighted by Crippen LogP contribution is -1.75. The average molecular weight is 160 g/mol. The lowest BCUT2D eigenvalue weighted by Gasteiger charge is -1.89. The first-order valence-electron chi connectivity index (χ1n) is 3.83. The molecule has 0 spiro atoms. The number of nitrogens with zero attached hydrogens (tertiary/aromatic N) is 2. The van der Waals surface area contributed by atoms with Crippen LogP contribution >= 0.6 is 0 Å². The fourth-order valence-electron chi connectivity index (χ4n) is 0.740. The summed E-state index contributed by atoms with van der Waals surface area (Å²) in [5.41, 5.74) is 1.74. The van der Waals surface area contributed by atoms with Gasteiger partial charge in [-0.15, -0.1) is 0 Å². The third-order valence-electron chi connectivity index (χ3n) is 1.19. The van der Waals surface area contributed by atoms with Crippen molar-refractivity contribution in [1.29, 1.82) is 10.5 Å². The van der Waals surface area contributed by atoms with Crippen LogP contribution in [-0.2, 0) is 0 Å². The molecular formula is C10H12N2. The normalized spacial score (nSPS) is 9.83. The number of hydrogen-bond donors (Lipinski definition) is 0. The molecule has 0 aliphatic heterocycles. The molecule has 0 unspecified atom stereocenters. The standard InChI is InChI=1S/C10H12N2/c1-9(2)7-10(8-12)5-3-4-6-11/h5,7H,3-4H2,1-2H3/b10-5+. The highest BCUT2D eigenvalue weighted by atomic mass is 14.2. The van der Waals surface area contributed by atoms with Crippen molar-refractivity contribution in [2.75, 3.05) is 0 Å². The van der Waals surface area contributed by atoms with Gasteiger partial charge >= 0.3 is 0 Å². The predicted molar refractivity (Wildman–Crippen MR) is 48.0 cm³/mol. The molecule has 0 aromatic rings. The molecule has 0 saturated heterocycles. The second-order valence-corrected chi connectivity index (χ2v) is 2.69. The van der Waals surface area contributed by atoms with Gasteiger partial charge in [0.2, 0.25) is 0 Å². The Morgan fingerprint density at radius 3 is 2.42 bits per heavy atom. The molecule has 0 saturated carbocycles. The zero-order valence-corrected chi connectivity index (χ0v) is 7.46. The van der Waals surface area contributed by atoms with Gasteiger partial charge in [-0.3, -0.25) is 0 Å². The van der Waals surface area contributed by atoms with Crippen molar-refractivity contribution in [3.8, 4) is 12.1 Å². The Kier molecular flexibility index (Phi) is 5.39. The topological polar surface area (TPSA) is 47.6 Å². The van der Waals surface area contributed by atoms with Gasteiger partial charge in [0.25, 0.3) is 0 Å². The Bertz CT molecular complexity index is 267. The van der Waals surface area contributed by atoms with E-state index in [1.165, 1.54) is 0 Å². The molecule has 2 nitrogen and oxygen atoms in total. The SMILES string of the molecule is CC(C)=C/C(C#N)=C\CCC#N. The van der Waals surface area contributed by atoms with Crippen LogP contribution < -0.4 is 0 Å². The molecule has 0 radical (unpaired) electrons. The maximum Gasteiger partial charge on any atom is 0.0988 e. The highest BCUT2D eigenvalue weighted by molar-refractivity contribution is 5.34. The molecule has 0 aliphatic rings. The quantitative estimate of drug-likeness (QED) is 0.362. The molecule has 62 valence electrons. The van der Waals surface area contributed by atoms with Crippen molar-refractivity contribution in [2.45, 2.75) is 26.7 Å². The van der Waals surface area contributed by atoms with E-state index in [9.17, 15) is 0 Å². The molecular weight excluding hydrogens is 148 g/mol. The smallest absolute Gasteiger partial charge is 0.0988 e. The summed E-state index contributed by atoms with van der Waals surface area (Å²) < 4.78 is 0. The Morgan fingerprint density at radius 2 is 2.00 bits per heavy atom. The van der Waals surface area contributed by atoms with E-state index in [0.717, 1.165) is 5.57 Å². The van der Waals surface area contributed by atoms with Gasteiger partial charge in [0, 0.05) is 12.0 Å². The largest absolute Gasteiger partial charge is 0.198 e. The van der Waals surface area contributed by atoms with Crippen molar-refractivity contribution in [3.05, 3.63) is 23.3 Å². The summed E-state index contributed by atoms with van der Waals surface area (Å²) in [7, 11) is 0. The summed E-state index contributed by atoms with van der Waals surface area (Å²) >= 11 is 0. The van der Waals surface area contributed by atoms with Crippen LogP contribution in [0.3, 0.4) is 0 Å². The zero-order chi connectivity index (χ0) is 9.40. The zero-order valence-electron chi connectivity index (χ0n) is 7.46. The average Bonchev–Trinajstić information content (AvgIpc) is 2.02. The molecule has 0 bridgehead atoms. The second kappa shape index (κ2) is 6.19. The molecule has 0 aromatic heterocycles. The first-order valence-corrected chi connectivity index (χ1v) is 3.83. The fraction of sp³-hybridized carbons (Fsp3) is 0.400. The minimum atomic E-state index is 0.474. The van der Waals surface area contributed by atoms with Gasteiger partial charge in [-0.25, -0.2) is 0 Å². The van der Waals surface area contributed by atoms with E-state index in [4.69, 9.17) is 10.5 Å². The van der Waals surface area contributed by atoms with E-state index in [-0.39, 0.29) is 0 Å². The molecule has 2 heteroatoms. The first-order chi connectivity index (χ1) is 5.70. The minimum Gasteiger partial charge on any atom is -0.198 e. The molecule has 0 rings (SSSR count). The maximum atomic E-state index is 8.63. The van der Waals surface area contributed by atoms with Crippen LogP contribution in [0, 0.1) is 22.7 Å². The van der Waals surface area contributed by atoms with E-state index in [1.54, 1.807) is 6.08 Å². The predicted octanol–water partition coefficient (Wildman–Crippen LogP) is 2.71. The lowest BCUT2D eigenvalue weighted by molar-refractivity contribution is 1.06. The van der Waals surface area contributed by atoms with E-state index >= 15 is 0 Å². The Hall–Kier alpha value is -1.54. The highest BCUT2D eigenvalue weighted by Crippen LogP contribution is 2.02. The van der Waals surface area contributed by atoms with Gasteiger partial charge in [-0.05, 0) is 26.3 Å². The number of allylic oxidation sites excluding steroid dienone is 4. The van der Waals surface area contributed by atoms with Crippen LogP contribution in [0.5, 0.6) is 0 Å². The molecule has 0 heterocycles. The summed E-state index contributed by atoms with van der Waals surface area (Å²) in [6.07, 6.45) is 4.73. The molecule has 12 heavy (non-hydrogen) atoms. The third kappa shape index (κ3) is 5.26. The van der Waals surface area contributed by atoms with Gasteiger partial charge in [-0.2, -0.15) is 10.5 Å². The van der Waals surface area contributed by atoms with E-state index in [0.29, 0.717) is 18.4 Å². The van der Waals surface area contributed by atoms with Crippen LogP contribution in [0.25, 0.3) is 0 Å². The number of hydrogen-bond acceptors (Lipinski definition) is 2. The van der Waals surface area contributed by atoms with Gasteiger partial charge in [0.1, 0.15) is 0 Å². The molecule has 0 fully saturated rings. The van der Waals surface area contributed by atoms with Gasteiger partial charge in [0.15, 0.2) is 0 Å². The Labute approximate surface area is 73.4 Å². The van der Waals surface area contributed by atoms with Crippen molar-refractivity contribution in [1.82, 2.24) is 0 Å². The van der Waals surface area contributed by atoms with Crippen molar-refractivity contribution in [3.63, 3.8) is 0 Å². The summed E-state index contributed by atoms with van der Waals surface area (Å²) in [5, 5.41) is 16.9. The van der Waals surface area contributed by atoms with Crippen LogP contribution in [0.1, 0.15) is 26.7 Å². The highest BCUT2D eigenvalue weighted by Gasteiger charge is 1.89. The van der Waals surface area contributed by atoms with Gasteiger partial charge in [0.05, 0.1) is 12.1 Å². The summed E-state index contributed by atoms with van der Waals surface area (Å²) in [6.45, 7) is 3.88. The maximum absolute atomic E-state index is 8.63. The van der Waals surface area contributed by atoms with Crippen LogP contribution in [0.2, 0.25) is 0 Å². The minimum absolute atomic E-state index is 0.474. The van der Waals surface area contributed by atoms with Crippen molar-refractivity contribution >= 4 is 0 Å². The van der Waals surface area contributed by atoms with E-state index < -0.39 is 0 Å². The summed E-state index contributed by atoms with van der Waals surface area (Å²) in [4.78, 5) is 0. The van der Waals surface area contributed by atoms with Gasteiger partial charge in [-0.1, -0.05) is 11.6 Å². The molecule has 0 atom stereocenters. The number of unbranched alkanes of at least 4 members (excludes halogenated alkanes) is 1. The number of nitriles is 2. The fourth-order valence-corrected chi connectivity index (χ4v) is 0.740. The summed E-state index contributed by atoms with van der Waals surface area (Å²) in [6, 6.07) is 4.09. The third-order valence-corrected chi connectivity index (χ3v) is 1.19. The molecule has 0 aliphatic carbocycles. The van der Waals surface area contributed by atoms with Crippen molar-refractivity contribution < 1.29 is 0 Å². The lowest BCUT2D eigenvalue weighted by atomic mass is 10.1. The van der Waals surface area contributed by atoms with E-state index in [2.05, 4.69) is 6.07 Å². The Balaban J connectivity index is 4.20. The summed E-state index contributed by atoms with van der Waals surface area (Å²) in [5.74, 6) is 0. The van der Waals surface area contributed by atoms with Crippen LogP contribution in [0.15, 0.2) is 23.3 Å². The van der Waals surface area contributed by atoms with Gasteiger partial charge < -0.3 is 0 Å². The van der Waals surface area contributed by atoms with E-state index in [1.807, 2.05) is 26.0 Å². The van der Waals surface area contributed by atoms with Crippen molar-refractivity contribution in [2.24, 2.45) is 0 Å². The first kappa shape index (κ1) is 10.5.